The predicted molar refractivity (Wildman–Crippen MR) is 88.9 cm³/mol. The summed E-state index contributed by atoms with van der Waals surface area (Å²) in [6, 6.07) is 2.53. The van der Waals surface area contributed by atoms with Crippen molar-refractivity contribution in [3.63, 3.8) is 0 Å². The van der Waals surface area contributed by atoms with Gasteiger partial charge < -0.3 is 4.90 Å². The van der Waals surface area contributed by atoms with Crippen molar-refractivity contribution in [2.75, 3.05) is 31.1 Å². The molecule has 0 bridgehead atoms. The van der Waals surface area contributed by atoms with Gasteiger partial charge in [-0.2, -0.15) is 13.2 Å². The number of rotatable bonds is 4. The summed E-state index contributed by atoms with van der Waals surface area (Å²) in [5.41, 5.74) is 0.112. The first-order valence-electron chi connectivity index (χ1n) is 8.52. The fourth-order valence-electron chi connectivity index (χ4n) is 3.94. The second-order valence-corrected chi connectivity index (χ2v) is 9.98. The topological polar surface area (TPSA) is 50.3 Å². The highest BCUT2D eigenvalue weighted by Crippen LogP contribution is 2.41. The van der Waals surface area contributed by atoms with Crippen molar-refractivity contribution in [3.8, 4) is 0 Å². The number of likely N-dealkylation sites (tertiary alicyclic amines) is 1. The van der Waals surface area contributed by atoms with Gasteiger partial charge in [-0.05, 0) is 42.2 Å². The molecule has 3 heterocycles. The van der Waals surface area contributed by atoms with Crippen molar-refractivity contribution < 1.29 is 21.6 Å². The zero-order chi connectivity index (χ0) is 18.3. The monoisotopic (exact) mass is 376 g/mol. The van der Waals surface area contributed by atoms with Gasteiger partial charge in [0.1, 0.15) is 15.5 Å². The molecular weight excluding hydrogens is 353 g/mol. The Morgan fingerprint density at radius 2 is 1.88 bits per heavy atom. The highest BCUT2D eigenvalue weighted by atomic mass is 32.2. The third-order valence-electron chi connectivity index (χ3n) is 5.27. The molecule has 0 radical (unpaired) electrons. The molecule has 0 amide bonds. The Kier molecular flexibility index (Phi) is 4.87. The van der Waals surface area contributed by atoms with Crippen LogP contribution in [0.1, 0.15) is 31.0 Å². The second-order valence-electron chi connectivity index (χ2n) is 7.68. The average molecular weight is 376 g/mol. The number of hydrogen-bond acceptors (Lipinski definition) is 4. The molecule has 25 heavy (non-hydrogen) atoms. The number of pyridine rings is 1. The van der Waals surface area contributed by atoms with Gasteiger partial charge in [-0.3, -0.25) is 4.98 Å². The average Bonchev–Trinajstić information content (AvgIpc) is 2.47. The van der Waals surface area contributed by atoms with Crippen LogP contribution in [0.25, 0.3) is 0 Å². The van der Waals surface area contributed by atoms with Crippen LogP contribution in [0.4, 0.5) is 13.2 Å². The van der Waals surface area contributed by atoms with Crippen LogP contribution in [0.2, 0.25) is 0 Å². The number of nitrogens with zero attached hydrogens (tertiary/aromatic N) is 2. The molecule has 8 heteroatoms. The molecule has 1 spiro atoms. The van der Waals surface area contributed by atoms with E-state index in [4.69, 9.17) is 0 Å². The molecule has 2 aliphatic rings. The summed E-state index contributed by atoms with van der Waals surface area (Å²) in [4.78, 5) is 5.82. The molecule has 2 fully saturated rings. The molecule has 0 N–H and O–H groups in total. The van der Waals surface area contributed by atoms with E-state index in [-0.39, 0.29) is 5.41 Å². The Labute approximate surface area is 146 Å². The quantitative estimate of drug-likeness (QED) is 0.811. The molecule has 2 aliphatic heterocycles. The molecule has 4 nitrogen and oxygen atoms in total. The Balaban J connectivity index is 1.46. The van der Waals surface area contributed by atoms with Gasteiger partial charge in [-0.1, -0.05) is 13.0 Å². The van der Waals surface area contributed by atoms with E-state index in [1.807, 2.05) is 0 Å². The first kappa shape index (κ1) is 18.6. The van der Waals surface area contributed by atoms with Crippen LogP contribution in [-0.2, 0) is 22.4 Å². The van der Waals surface area contributed by atoms with E-state index >= 15 is 0 Å². The van der Waals surface area contributed by atoms with Gasteiger partial charge >= 0.3 is 6.18 Å². The number of hydrogen-bond donors (Lipinski definition) is 0. The van der Waals surface area contributed by atoms with Gasteiger partial charge in [0.05, 0.1) is 11.5 Å². The van der Waals surface area contributed by atoms with E-state index < -0.39 is 21.7 Å². The van der Waals surface area contributed by atoms with Crippen LogP contribution in [0.15, 0.2) is 18.3 Å². The zero-order valence-electron chi connectivity index (χ0n) is 14.2. The first-order valence-corrected chi connectivity index (χ1v) is 10.3. The van der Waals surface area contributed by atoms with E-state index in [1.54, 1.807) is 0 Å². The van der Waals surface area contributed by atoms with Crippen LogP contribution < -0.4 is 0 Å². The van der Waals surface area contributed by atoms with Gasteiger partial charge in [-0.15, -0.1) is 0 Å². The number of sulfone groups is 1. The fourth-order valence-corrected chi connectivity index (χ4v) is 5.63. The summed E-state index contributed by atoms with van der Waals surface area (Å²) >= 11 is 0. The minimum atomic E-state index is -4.40. The maximum Gasteiger partial charge on any atom is 0.433 e. The van der Waals surface area contributed by atoms with Crippen molar-refractivity contribution in [1.29, 1.82) is 0 Å². The van der Waals surface area contributed by atoms with E-state index in [0.29, 0.717) is 23.8 Å². The van der Waals surface area contributed by atoms with Gasteiger partial charge in [0.15, 0.2) is 0 Å². The van der Waals surface area contributed by atoms with Crippen LogP contribution in [-0.4, -0.2) is 49.4 Å². The Morgan fingerprint density at radius 1 is 1.24 bits per heavy atom. The van der Waals surface area contributed by atoms with Crippen LogP contribution >= 0.6 is 0 Å². The lowest BCUT2D eigenvalue weighted by Gasteiger charge is -2.53. The standard InChI is InChI=1S/C17H23F3N2O2S/c1-13(8-14-2-3-15(21-9-14)17(18,19)20)10-22-11-16(12-22)4-6-25(23,24)7-5-16/h2-3,9,13H,4-8,10-12H2,1H3. The largest absolute Gasteiger partial charge is 0.433 e. The highest BCUT2D eigenvalue weighted by Gasteiger charge is 2.46. The van der Waals surface area contributed by atoms with Crippen molar-refractivity contribution in [2.45, 2.75) is 32.4 Å². The third kappa shape index (κ3) is 4.53. The van der Waals surface area contributed by atoms with Crippen molar-refractivity contribution in [2.24, 2.45) is 11.3 Å². The molecule has 1 unspecified atom stereocenters. The van der Waals surface area contributed by atoms with E-state index in [0.717, 1.165) is 44.1 Å². The first-order chi connectivity index (χ1) is 11.6. The van der Waals surface area contributed by atoms with E-state index in [1.165, 1.54) is 12.3 Å². The third-order valence-corrected chi connectivity index (χ3v) is 6.93. The summed E-state index contributed by atoms with van der Waals surface area (Å²) in [6.07, 6.45) is -0.901. The minimum absolute atomic E-state index is 0.168. The molecule has 0 aliphatic carbocycles. The number of halogens is 3. The predicted octanol–water partition coefficient (Wildman–Crippen LogP) is 2.79. The van der Waals surface area contributed by atoms with Gasteiger partial charge in [0.2, 0.25) is 0 Å². The lowest BCUT2D eigenvalue weighted by atomic mass is 9.74. The molecular formula is C17H23F3N2O2S. The second kappa shape index (κ2) is 6.54. The summed E-state index contributed by atoms with van der Waals surface area (Å²) in [6.45, 7) is 4.81. The Hall–Kier alpha value is -1.15. The lowest BCUT2D eigenvalue weighted by molar-refractivity contribution is -0.141. The maximum atomic E-state index is 12.5. The molecule has 3 rings (SSSR count). The van der Waals surface area contributed by atoms with Crippen molar-refractivity contribution in [3.05, 3.63) is 29.6 Å². The molecule has 1 aromatic heterocycles. The van der Waals surface area contributed by atoms with E-state index in [9.17, 15) is 21.6 Å². The highest BCUT2D eigenvalue weighted by molar-refractivity contribution is 7.91. The molecule has 0 saturated carbocycles. The number of aromatic nitrogens is 1. The summed E-state index contributed by atoms with van der Waals surface area (Å²) in [7, 11) is -2.83. The van der Waals surface area contributed by atoms with Crippen molar-refractivity contribution >= 4 is 9.84 Å². The normalized spacial score (nSPS) is 24.0. The van der Waals surface area contributed by atoms with Gasteiger partial charge in [0, 0.05) is 25.8 Å². The molecule has 0 aromatic carbocycles. The lowest BCUT2D eigenvalue weighted by Crippen LogP contribution is -2.59. The van der Waals surface area contributed by atoms with Gasteiger partial charge in [0.25, 0.3) is 0 Å². The van der Waals surface area contributed by atoms with Crippen molar-refractivity contribution in [1.82, 2.24) is 9.88 Å². The molecule has 1 atom stereocenters. The van der Waals surface area contributed by atoms with Gasteiger partial charge in [-0.25, -0.2) is 8.42 Å². The minimum Gasteiger partial charge on any atom is -0.302 e. The molecule has 1 aromatic rings. The maximum absolute atomic E-state index is 12.5. The van der Waals surface area contributed by atoms with Crippen LogP contribution in [0.5, 0.6) is 0 Å². The summed E-state index contributed by atoms with van der Waals surface area (Å²) < 4.78 is 60.6. The molecule has 140 valence electrons. The SMILES string of the molecule is CC(Cc1ccc(C(F)(F)F)nc1)CN1CC2(CCS(=O)(=O)CC2)C1. The van der Waals surface area contributed by atoms with E-state index in [2.05, 4.69) is 16.8 Å². The smallest absolute Gasteiger partial charge is 0.302 e. The fraction of sp³-hybridized carbons (Fsp3) is 0.706. The van der Waals surface area contributed by atoms with Crippen LogP contribution in [0, 0.1) is 11.3 Å². The van der Waals surface area contributed by atoms with Crippen LogP contribution in [0.3, 0.4) is 0 Å². The number of alkyl halides is 3. The summed E-state index contributed by atoms with van der Waals surface area (Å²) in [5, 5.41) is 0. The Morgan fingerprint density at radius 3 is 2.40 bits per heavy atom. The summed E-state index contributed by atoms with van der Waals surface area (Å²) in [5.74, 6) is 0.907. The zero-order valence-corrected chi connectivity index (χ0v) is 15.0. The Bertz CT molecular complexity index is 694. The molecule has 2 saturated heterocycles.